The summed E-state index contributed by atoms with van der Waals surface area (Å²) in [7, 11) is 1.64. The quantitative estimate of drug-likeness (QED) is 0.900. The van der Waals surface area contributed by atoms with Crippen molar-refractivity contribution in [2.45, 2.75) is 38.9 Å². The molecule has 2 aromatic rings. The van der Waals surface area contributed by atoms with Crippen molar-refractivity contribution in [3.8, 4) is 5.75 Å². The Balaban J connectivity index is 1.62. The minimum Gasteiger partial charge on any atom is -0.497 e. The highest BCUT2D eigenvalue weighted by Gasteiger charge is 2.35. The summed E-state index contributed by atoms with van der Waals surface area (Å²) < 4.78 is 10.9. The lowest BCUT2D eigenvalue weighted by atomic mass is 10.0. The predicted molar refractivity (Wildman–Crippen MR) is 92.5 cm³/mol. The van der Waals surface area contributed by atoms with Crippen molar-refractivity contribution >= 4 is 22.4 Å². The van der Waals surface area contributed by atoms with Crippen LogP contribution in [-0.2, 0) is 16.0 Å². The van der Waals surface area contributed by atoms with Crippen molar-refractivity contribution in [2.24, 2.45) is 5.92 Å². The number of nitrogens with one attached hydrogen (secondary N) is 1. The van der Waals surface area contributed by atoms with Gasteiger partial charge in [-0.15, -0.1) is 10.2 Å². The van der Waals surface area contributed by atoms with Crippen molar-refractivity contribution in [2.75, 3.05) is 12.4 Å². The summed E-state index contributed by atoms with van der Waals surface area (Å²) in [5, 5.41) is 12.4. The second-order valence-electron chi connectivity index (χ2n) is 6.10. The zero-order valence-corrected chi connectivity index (χ0v) is 14.8. The molecule has 3 atom stereocenters. The molecule has 0 spiro atoms. The number of amides is 1. The molecule has 1 aromatic heterocycles. The summed E-state index contributed by atoms with van der Waals surface area (Å²) in [6, 6.07) is 7.82. The second-order valence-corrected chi connectivity index (χ2v) is 7.16. The van der Waals surface area contributed by atoms with Gasteiger partial charge in [0.1, 0.15) is 16.9 Å². The number of carbonyl (C=O) groups is 1. The maximum Gasteiger partial charge on any atom is 0.255 e. The molecule has 0 bridgehead atoms. The molecule has 0 aliphatic carbocycles. The Morgan fingerprint density at radius 3 is 2.96 bits per heavy atom. The van der Waals surface area contributed by atoms with E-state index in [0.29, 0.717) is 11.6 Å². The van der Waals surface area contributed by atoms with Gasteiger partial charge >= 0.3 is 0 Å². The Hall–Kier alpha value is -1.99. The van der Waals surface area contributed by atoms with Crippen LogP contribution in [0.1, 0.15) is 30.8 Å². The number of rotatable bonds is 5. The van der Waals surface area contributed by atoms with Gasteiger partial charge in [-0.1, -0.05) is 30.4 Å². The molecule has 1 saturated heterocycles. The Bertz CT molecular complexity index is 719. The van der Waals surface area contributed by atoms with Gasteiger partial charge in [-0.2, -0.15) is 0 Å². The lowest BCUT2D eigenvalue weighted by molar-refractivity contribution is -0.127. The molecule has 1 amide bonds. The van der Waals surface area contributed by atoms with Gasteiger partial charge in [-0.25, -0.2) is 0 Å². The van der Waals surface area contributed by atoms with Crippen LogP contribution in [0.25, 0.3) is 0 Å². The van der Waals surface area contributed by atoms with Crippen LogP contribution in [0.15, 0.2) is 24.3 Å². The number of benzene rings is 1. The van der Waals surface area contributed by atoms with E-state index in [9.17, 15) is 4.79 Å². The van der Waals surface area contributed by atoms with Gasteiger partial charge in [0.05, 0.1) is 13.2 Å². The molecule has 6 nitrogen and oxygen atoms in total. The fourth-order valence-corrected chi connectivity index (χ4v) is 3.69. The zero-order chi connectivity index (χ0) is 17.1. The highest BCUT2D eigenvalue weighted by Crippen LogP contribution is 2.27. The van der Waals surface area contributed by atoms with Gasteiger partial charge in [-0.3, -0.25) is 10.1 Å². The van der Waals surface area contributed by atoms with Crippen molar-refractivity contribution in [1.82, 2.24) is 10.2 Å². The lowest BCUT2D eigenvalue weighted by Gasteiger charge is -2.13. The normalized spacial score (nSPS) is 23.2. The zero-order valence-electron chi connectivity index (χ0n) is 14.0. The minimum absolute atomic E-state index is 0.119. The highest BCUT2D eigenvalue weighted by molar-refractivity contribution is 7.15. The number of carbonyl (C=O) groups excluding carboxylic acids is 1. The van der Waals surface area contributed by atoms with Gasteiger partial charge in [0.15, 0.2) is 0 Å². The molecule has 0 saturated carbocycles. The molecule has 0 radical (unpaired) electrons. The third kappa shape index (κ3) is 3.91. The van der Waals surface area contributed by atoms with Crippen LogP contribution in [0.4, 0.5) is 5.13 Å². The SMILES string of the molecule is COc1cccc(Cc2nnc(NC(=O)[C@@H]3O[C@H](C)C[C@@H]3C)s2)c1. The molecule has 3 rings (SSSR count). The Labute approximate surface area is 145 Å². The first kappa shape index (κ1) is 16.9. The van der Waals surface area contributed by atoms with E-state index in [0.717, 1.165) is 22.7 Å². The van der Waals surface area contributed by atoms with Gasteiger partial charge < -0.3 is 9.47 Å². The van der Waals surface area contributed by atoms with Crippen LogP contribution < -0.4 is 10.1 Å². The summed E-state index contributed by atoms with van der Waals surface area (Å²) in [5.74, 6) is 0.882. The summed E-state index contributed by atoms with van der Waals surface area (Å²) in [6.45, 7) is 4.02. The van der Waals surface area contributed by atoms with Crippen LogP contribution in [0.3, 0.4) is 0 Å². The van der Waals surface area contributed by atoms with E-state index in [2.05, 4.69) is 15.5 Å². The molecule has 24 heavy (non-hydrogen) atoms. The summed E-state index contributed by atoms with van der Waals surface area (Å²) in [6.07, 6.45) is 1.26. The van der Waals surface area contributed by atoms with Crippen molar-refractivity contribution < 1.29 is 14.3 Å². The first-order chi connectivity index (χ1) is 11.5. The van der Waals surface area contributed by atoms with E-state index < -0.39 is 6.10 Å². The minimum atomic E-state index is -0.411. The monoisotopic (exact) mass is 347 g/mol. The molecule has 128 valence electrons. The van der Waals surface area contributed by atoms with Gasteiger partial charge in [0.25, 0.3) is 5.91 Å². The number of nitrogens with zero attached hydrogens (tertiary/aromatic N) is 2. The van der Waals surface area contributed by atoms with E-state index in [1.807, 2.05) is 38.1 Å². The topological polar surface area (TPSA) is 73.3 Å². The highest BCUT2D eigenvalue weighted by atomic mass is 32.1. The van der Waals surface area contributed by atoms with E-state index >= 15 is 0 Å². The van der Waals surface area contributed by atoms with E-state index in [1.165, 1.54) is 11.3 Å². The standard InChI is InChI=1S/C17H21N3O3S/c1-10-7-11(2)23-15(10)16(21)18-17-20-19-14(24-17)9-12-5-4-6-13(8-12)22-3/h4-6,8,10-11,15H,7,9H2,1-3H3,(H,18,20,21)/t10-,11+,15+/m0/s1. The predicted octanol–water partition coefficient (Wildman–Crippen LogP) is 2.89. The maximum atomic E-state index is 12.3. The molecule has 1 fully saturated rings. The van der Waals surface area contributed by atoms with Crippen LogP contribution in [-0.4, -0.2) is 35.4 Å². The van der Waals surface area contributed by atoms with Crippen molar-refractivity contribution in [3.05, 3.63) is 34.8 Å². The average molecular weight is 347 g/mol. The van der Waals surface area contributed by atoms with Crippen molar-refractivity contribution in [1.29, 1.82) is 0 Å². The van der Waals surface area contributed by atoms with E-state index in [1.54, 1.807) is 7.11 Å². The third-order valence-electron chi connectivity index (χ3n) is 4.04. The number of anilines is 1. The second kappa shape index (κ2) is 7.27. The molecule has 1 aliphatic rings. The molecule has 1 aromatic carbocycles. The first-order valence-corrected chi connectivity index (χ1v) is 8.78. The molecule has 2 heterocycles. The van der Waals surface area contributed by atoms with Crippen LogP contribution in [0, 0.1) is 5.92 Å². The Morgan fingerprint density at radius 2 is 2.25 bits per heavy atom. The van der Waals surface area contributed by atoms with Gasteiger partial charge in [0.2, 0.25) is 5.13 Å². The fourth-order valence-electron chi connectivity index (χ4n) is 2.92. The summed E-state index contributed by atoms with van der Waals surface area (Å²) >= 11 is 1.38. The number of methoxy groups -OCH3 is 1. The molecular formula is C17H21N3O3S. The molecule has 7 heteroatoms. The Morgan fingerprint density at radius 1 is 1.42 bits per heavy atom. The van der Waals surface area contributed by atoms with Gasteiger partial charge in [0, 0.05) is 6.42 Å². The van der Waals surface area contributed by atoms with Crippen LogP contribution >= 0.6 is 11.3 Å². The largest absolute Gasteiger partial charge is 0.497 e. The number of aromatic nitrogens is 2. The third-order valence-corrected chi connectivity index (χ3v) is 4.88. The van der Waals surface area contributed by atoms with Gasteiger partial charge in [-0.05, 0) is 37.0 Å². The maximum absolute atomic E-state index is 12.3. The van der Waals surface area contributed by atoms with Crippen LogP contribution in [0.5, 0.6) is 5.75 Å². The average Bonchev–Trinajstić information content (AvgIpc) is 3.13. The fraction of sp³-hybridized carbons (Fsp3) is 0.471. The van der Waals surface area contributed by atoms with E-state index in [-0.39, 0.29) is 17.9 Å². The van der Waals surface area contributed by atoms with Crippen molar-refractivity contribution in [3.63, 3.8) is 0 Å². The first-order valence-electron chi connectivity index (χ1n) is 7.97. The van der Waals surface area contributed by atoms with Crippen LogP contribution in [0.2, 0.25) is 0 Å². The number of hydrogen-bond donors (Lipinski definition) is 1. The number of hydrogen-bond acceptors (Lipinski definition) is 6. The Kier molecular flexibility index (Phi) is 5.11. The smallest absolute Gasteiger partial charge is 0.255 e. The molecule has 1 N–H and O–H groups in total. The van der Waals surface area contributed by atoms with E-state index in [4.69, 9.17) is 9.47 Å². The molecular weight excluding hydrogens is 326 g/mol. The molecule has 0 unspecified atom stereocenters. The summed E-state index contributed by atoms with van der Waals surface area (Å²) in [5.41, 5.74) is 1.09. The lowest BCUT2D eigenvalue weighted by Crippen LogP contribution is -2.31. The number of ether oxygens (including phenoxy) is 2. The molecule has 1 aliphatic heterocycles. The summed E-state index contributed by atoms with van der Waals surface area (Å²) in [4.78, 5) is 12.3.